The Labute approximate surface area is 278 Å². The summed E-state index contributed by atoms with van der Waals surface area (Å²) in [4.78, 5) is 78.2. The van der Waals surface area contributed by atoms with Crippen LogP contribution in [-0.2, 0) is 30.2 Å². The molecule has 1 aromatic carbocycles. The molecule has 2 aliphatic heterocycles. The number of nitrogens with zero attached hydrogens (tertiary/aromatic N) is 3. The number of nitrogens with one attached hydrogen (secondary N) is 1. The van der Waals surface area contributed by atoms with E-state index in [1.54, 1.807) is 21.9 Å². The van der Waals surface area contributed by atoms with Gasteiger partial charge < -0.3 is 30.3 Å². The highest BCUT2D eigenvalue weighted by atomic mass is 31.2. The first-order valence-corrected chi connectivity index (χ1v) is 18.5. The third-order valence-electron chi connectivity index (χ3n) is 9.49. The van der Waals surface area contributed by atoms with E-state index in [9.17, 15) is 33.5 Å². The number of primary amides is 1. The molecule has 0 saturated carbocycles. The summed E-state index contributed by atoms with van der Waals surface area (Å²) in [5.41, 5.74) is 4.96. The minimum absolute atomic E-state index is 0.0103. The number of benzene rings is 1. The molecule has 5 N–H and O–H groups in total. The second-order valence-electron chi connectivity index (χ2n) is 13.1. The molecule has 3 unspecified atom stereocenters. The molecule has 47 heavy (non-hydrogen) atoms. The number of hydrogen-bond donors (Lipinski definition) is 4. The van der Waals surface area contributed by atoms with Crippen LogP contribution in [-0.4, -0.2) is 92.5 Å². The van der Waals surface area contributed by atoms with E-state index < -0.39 is 25.6 Å². The number of amides is 4. The van der Waals surface area contributed by atoms with Gasteiger partial charge in [-0.2, -0.15) is 0 Å². The summed E-state index contributed by atoms with van der Waals surface area (Å²) < 4.78 is 16.0. The van der Waals surface area contributed by atoms with Crippen LogP contribution < -0.4 is 15.6 Å². The van der Waals surface area contributed by atoms with Gasteiger partial charge in [0.05, 0.1) is 0 Å². The Balaban J connectivity index is 2.01. The minimum atomic E-state index is -4.74. The lowest BCUT2D eigenvalue weighted by molar-refractivity contribution is -0.156. The maximum absolute atomic E-state index is 14.8. The van der Waals surface area contributed by atoms with Crippen LogP contribution in [0, 0.1) is 5.92 Å². The number of rotatable bonds is 18. The van der Waals surface area contributed by atoms with Gasteiger partial charge in [-0.05, 0) is 49.9 Å². The van der Waals surface area contributed by atoms with Gasteiger partial charge in [-0.1, -0.05) is 58.6 Å². The number of nitrogens with two attached hydrogens (primary N) is 1. The molecule has 2 heterocycles. The maximum atomic E-state index is 14.8. The monoisotopic (exact) mass is 679 g/mol. The summed E-state index contributed by atoms with van der Waals surface area (Å²) in [6, 6.07) is 4.50. The molecule has 0 bridgehead atoms. The fraction of sp³-hybridized carbons (Fsp3) is 0.697. The predicted molar refractivity (Wildman–Crippen MR) is 178 cm³/mol. The van der Waals surface area contributed by atoms with Gasteiger partial charge in [0.25, 0.3) is 0 Å². The van der Waals surface area contributed by atoms with Crippen molar-refractivity contribution in [3.63, 3.8) is 0 Å². The van der Waals surface area contributed by atoms with Crippen molar-refractivity contribution in [1.82, 2.24) is 20.0 Å². The molecule has 4 amide bonds. The molecular weight excluding hydrogens is 625 g/mol. The van der Waals surface area contributed by atoms with E-state index >= 15 is 0 Å². The Hall–Kier alpha value is -2.99. The lowest BCUT2D eigenvalue weighted by Crippen LogP contribution is -2.66. The van der Waals surface area contributed by atoms with E-state index in [0.717, 1.165) is 19.3 Å². The van der Waals surface area contributed by atoms with Crippen molar-refractivity contribution in [1.29, 1.82) is 0 Å². The molecule has 1 aromatic rings. The van der Waals surface area contributed by atoms with Crippen LogP contribution in [0.2, 0.25) is 0 Å². The summed E-state index contributed by atoms with van der Waals surface area (Å²) >= 11 is 0. The topological polar surface area (TPSA) is 183 Å². The molecule has 264 valence electrons. The SMILES string of the molecule is CCCCCC(=O)N1C(Cc2ccc(OP(=O)(O)O)cc2)C(=O)N(C(C(=O)NCCCCCC(N)=O)C(C)CC)C12CCN(C)CC2. The molecule has 0 aromatic heterocycles. The molecule has 14 heteroatoms. The largest absolute Gasteiger partial charge is 0.524 e. The average molecular weight is 680 g/mol. The second-order valence-corrected chi connectivity index (χ2v) is 14.2. The molecule has 0 radical (unpaired) electrons. The van der Waals surface area contributed by atoms with E-state index in [1.165, 1.54) is 12.1 Å². The predicted octanol–water partition coefficient (Wildman–Crippen LogP) is 3.32. The number of hydrogen-bond acceptors (Lipinski definition) is 7. The normalized spacial score (nSPS) is 19.5. The Kier molecular flexibility index (Phi) is 14.3. The van der Waals surface area contributed by atoms with Crippen molar-refractivity contribution in [2.24, 2.45) is 11.7 Å². The number of carbonyl (C=O) groups excluding carboxylic acids is 4. The molecule has 2 aliphatic rings. The standard InChI is InChI=1S/C33H54N5O8P/c1-5-7-9-13-29(40)37-27(23-25-14-16-26(17-15-25)46-47(43,44)45)32(42)38(33(37)18-21-36(4)22-19-33)30(24(3)6-2)31(41)35-20-11-8-10-12-28(34)39/h14-17,24,27,30H,5-13,18-23H2,1-4H3,(H2,34,39)(H,35,41)(H2,43,44,45). The van der Waals surface area contributed by atoms with Crippen molar-refractivity contribution >= 4 is 31.5 Å². The Morgan fingerprint density at radius 2 is 1.68 bits per heavy atom. The molecular formula is C33H54N5O8P. The third-order valence-corrected chi connectivity index (χ3v) is 9.94. The summed E-state index contributed by atoms with van der Waals surface area (Å²) in [5.74, 6) is -1.18. The Morgan fingerprint density at radius 3 is 2.26 bits per heavy atom. The van der Waals surface area contributed by atoms with E-state index in [-0.39, 0.29) is 41.7 Å². The van der Waals surface area contributed by atoms with E-state index in [2.05, 4.69) is 17.1 Å². The highest BCUT2D eigenvalue weighted by molar-refractivity contribution is 7.46. The van der Waals surface area contributed by atoms with Gasteiger partial charge in [0.1, 0.15) is 23.5 Å². The first-order valence-electron chi connectivity index (χ1n) is 17.0. The van der Waals surface area contributed by atoms with Crippen LogP contribution >= 0.6 is 7.82 Å². The van der Waals surface area contributed by atoms with Gasteiger partial charge in [-0.15, -0.1) is 0 Å². The van der Waals surface area contributed by atoms with E-state index in [0.29, 0.717) is 76.6 Å². The summed E-state index contributed by atoms with van der Waals surface area (Å²) in [6.45, 7) is 7.72. The molecule has 0 aliphatic carbocycles. The van der Waals surface area contributed by atoms with E-state index in [1.807, 2.05) is 20.9 Å². The highest BCUT2D eigenvalue weighted by Crippen LogP contribution is 2.45. The Morgan fingerprint density at radius 1 is 1.04 bits per heavy atom. The third kappa shape index (κ3) is 10.2. The van der Waals surface area contributed by atoms with Crippen molar-refractivity contribution < 1.29 is 38.1 Å². The zero-order valence-corrected chi connectivity index (χ0v) is 29.3. The van der Waals surface area contributed by atoms with Crippen molar-refractivity contribution in [3.8, 4) is 5.75 Å². The van der Waals surface area contributed by atoms with Crippen molar-refractivity contribution in [2.75, 3.05) is 26.7 Å². The second kappa shape index (κ2) is 17.4. The zero-order valence-electron chi connectivity index (χ0n) is 28.4. The summed E-state index contributed by atoms with van der Waals surface area (Å²) in [7, 11) is -2.73. The maximum Gasteiger partial charge on any atom is 0.524 e. The van der Waals surface area contributed by atoms with Crippen LogP contribution in [0.3, 0.4) is 0 Å². The number of phosphoric ester groups is 1. The number of phosphoric acid groups is 1. The van der Waals surface area contributed by atoms with Crippen LogP contribution in [0.25, 0.3) is 0 Å². The molecule has 2 saturated heterocycles. The number of piperidine rings is 1. The zero-order chi connectivity index (χ0) is 34.8. The average Bonchev–Trinajstić information content (AvgIpc) is 3.23. The van der Waals surface area contributed by atoms with Gasteiger partial charge in [-0.3, -0.25) is 29.0 Å². The number of carbonyl (C=O) groups is 4. The Bertz CT molecular complexity index is 1260. The smallest absolute Gasteiger partial charge is 0.404 e. The van der Waals surface area contributed by atoms with Crippen LogP contribution in [0.15, 0.2) is 24.3 Å². The highest BCUT2D eigenvalue weighted by Gasteiger charge is 2.62. The van der Waals surface area contributed by atoms with Crippen molar-refractivity contribution in [2.45, 2.75) is 116 Å². The fourth-order valence-electron chi connectivity index (χ4n) is 6.79. The summed E-state index contributed by atoms with van der Waals surface area (Å²) in [6.07, 6.45) is 7.00. The first-order chi connectivity index (χ1) is 22.2. The number of unbranched alkanes of at least 4 members (excludes halogenated alkanes) is 4. The molecule has 3 atom stereocenters. The van der Waals surface area contributed by atoms with Gasteiger partial charge in [0, 0.05) is 51.7 Å². The van der Waals surface area contributed by atoms with Crippen LogP contribution in [0.1, 0.15) is 97.0 Å². The van der Waals surface area contributed by atoms with Gasteiger partial charge in [-0.25, -0.2) is 4.57 Å². The molecule has 13 nitrogen and oxygen atoms in total. The van der Waals surface area contributed by atoms with E-state index in [4.69, 9.17) is 10.3 Å². The molecule has 3 rings (SSSR count). The molecule has 1 spiro atoms. The minimum Gasteiger partial charge on any atom is -0.404 e. The van der Waals surface area contributed by atoms with Crippen molar-refractivity contribution in [3.05, 3.63) is 29.8 Å². The van der Waals surface area contributed by atoms with Crippen LogP contribution in [0.5, 0.6) is 5.75 Å². The number of likely N-dealkylation sites (tertiary alicyclic amines) is 1. The lowest BCUT2D eigenvalue weighted by atomic mass is 9.88. The summed E-state index contributed by atoms with van der Waals surface area (Å²) in [5, 5.41) is 3.05. The molecule has 2 fully saturated rings. The fourth-order valence-corrected chi connectivity index (χ4v) is 7.18. The lowest BCUT2D eigenvalue weighted by Gasteiger charge is -2.51. The van der Waals surface area contributed by atoms with Gasteiger partial charge >= 0.3 is 7.82 Å². The first kappa shape index (κ1) is 38.5. The van der Waals surface area contributed by atoms with Gasteiger partial charge in [0.15, 0.2) is 0 Å². The van der Waals surface area contributed by atoms with Gasteiger partial charge in [0.2, 0.25) is 23.6 Å². The van der Waals surface area contributed by atoms with Crippen LogP contribution in [0.4, 0.5) is 0 Å². The quantitative estimate of drug-likeness (QED) is 0.134.